The molecular weight excluding hydrogens is 389 g/mol. The van der Waals surface area contributed by atoms with Crippen LogP contribution in [0.2, 0.25) is 10.0 Å². The molecule has 0 saturated carbocycles. The maximum atomic E-state index is 12.4. The third-order valence-electron chi connectivity index (χ3n) is 2.57. The Morgan fingerprint density at radius 2 is 1.95 bits per heavy atom. The summed E-state index contributed by atoms with van der Waals surface area (Å²) in [5, 5.41) is 6.47. The van der Waals surface area contributed by atoms with Crippen LogP contribution in [0.1, 0.15) is 12.5 Å². The van der Waals surface area contributed by atoms with Crippen molar-refractivity contribution in [2.45, 2.75) is 18.2 Å². The number of H-pyrrole nitrogens is 1. The van der Waals surface area contributed by atoms with E-state index in [1.165, 1.54) is 12.1 Å². The van der Waals surface area contributed by atoms with Gasteiger partial charge in [0.25, 0.3) is 10.0 Å². The Labute approximate surface area is 134 Å². The molecule has 2 aromatic rings. The van der Waals surface area contributed by atoms with Crippen LogP contribution in [0.25, 0.3) is 0 Å². The van der Waals surface area contributed by atoms with Crippen molar-refractivity contribution in [2.24, 2.45) is 0 Å². The maximum absolute atomic E-state index is 12.4. The highest BCUT2D eigenvalue weighted by molar-refractivity contribution is 9.10. The largest absolute Gasteiger partial charge is 0.266 e. The van der Waals surface area contributed by atoms with Gasteiger partial charge < -0.3 is 0 Å². The summed E-state index contributed by atoms with van der Waals surface area (Å²) in [6.45, 7) is 1.89. The van der Waals surface area contributed by atoms with Gasteiger partial charge in [-0.2, -0.15) is 5.10 Å². The van der Waals surface area contributed by atoms with Gasteiger partial charge in [-0.15, -0.1) is 0 Å². The molecule has 0 spiro atoms. The van der Waals surface area contributed by atoms with Gasteiger partial charge in [0.15, 0.2) is 0 Å². The third kappa shape index (κ3) is 3.11. The topological polar surface area (TPSA) is 74.8 Å². The average Bonchev–Trinajstić information content (AvgIpc) is 2.73. The van der Waals surface area contributed by atoms with Gasteiger partial charge in [0, 0.05) is 10.0 Å². The van der Waals surface area contributed by atoms with E-state index >= 15 is 0 Å². The van der Waals surface area contributed by atoms with Crippen molar-refractivity contribution >= 4 is 55.0 Å². The third-order valence-corrected chi connectivity index (χ3v) is 5.30. The van der Waals surface area contributed by atoms with E-state index in [-0.39, 0.29) is 14.9 Å². The minimum Gasteiger partial charge on any atom is -0.263 e. The lowest BCUT2D eigenvalue weighted by Gasteiger charge is -2.11. The Morgan fingerprint density at radius 1 is 1.35 bits per heavy atom. The van der Waals surface area contributed by atoms with Crippen molar-refractivity contribution in [2.75, 3.05) is 4.72 Å². The molecular formula is C11H10BrCl2N3O2S. The highest BCUT2D eigenvalue weighted by Crippen LogP contribution is 2.34. The number of hydrogen-bond acceptors (Lipinski definition) is 3. The Kier molecular flexibility index (Phi) is 4.63. The van der Waals surface area contributed by atoms with Crippen LogP contribution in [0.5, 0.6) is 0 Å². The molecule has 0 bridgehead atoms. The number of nitrogens with one attached hydrogen (secondary N) is 2. The molecule has 20 heavy (non-hydrogen) atoms. The molecule has 0 aliphatic heterocycles. The van der Waals surface area contributed by atoms with Crippen molar-refractivity contribution in [3.63, 3.8) is 0 Å². The SMILES string of the molecule is CCc1cn[nH]c1NS(=O)(=O)c1c(Cl)cc(Br)cc1Cl. The van der Waals surface area contributed by atoms with Crippen LogP contribution in [0.4, 0.5) is 5.82 Å². The second kappa shape index (κ2) is 5.93. The smallest absolute Gasteiger partial charge is 0.263 e. The van der Waals surface area contributed by atoms with Crippen LogP contribution < -0.4 is 4.72 Å². The van der Waals surface area contributed by atoms with E-state index in [9.17, 15) is 8.42 Å². The summed E-state index contributed by atoms with van der Waals surface area (Å²) in [5.74, 6) is 0.308. The van der Waals surface area contributed by atoms with Gasteiger partial charge in [-0.05, 0) is 18.6 Å². The van der Waals surface area contributed by atoms with Gasteiger partial charge >= 0.3 is 0 Å². The lowest BCUT2D eigenvalue weighted by Crippen LogP contribution is -2.15. The molecule has 9 heteroatoms. The molecule has 0 aliphatic carbocycles. The molecule has 0 fully saturated rings. The zero-order chi connectivity index (χ0) is 14.9. The number of aromatic nitrogens is 2. The molecule has 0 amide bonds. The highest BCUT2D eigenvalue weighted by atomic mass is 79.9. The molecule has 5 nitrogen and oxygen atoms in total. The Hall–Kier alpha value is -0.760. The van der Waals surface area contributed by atoms with Crippen molar-refractivity contribution < 1.29 is 8.42 Å². The number of hydrogen-bond donors (Lipinski definition) is 2. The second-order valence-electron chi connectivity index (χ2n) is 3.93. The van der Waals surface area contributed by atoms with Crippen LogP contribution in [-0.2, 0) is 16.4 Å². The summed E-state index contributed by atoms with van der Waals surface area (Å²) in [7, 11) is -3.90. The van der Waals surface area contributed by atoms with Crippen LogP contribution in [0.15, 0.2) is 27.7 Å². The number of aromatic amines is 1. The number of sulfonamides is 1. The van der Waals surface area contributed by atoms with Crippen LogP contribution in [0.3, 0.4) is 0 Å². The number of rotatable bonds is 4. The van der Waals surface area contributed by atoms with Gasteiger partial charge in [-0.3, -0.25) is 9.82 Å². The van der Waals surface area contributed by atoms with Crippen molar-refractivity contribution in [1.82, 2.24) is 10.2 Å². The van der Waals surface area contributed by atoms with E-state index in [2.05, 4.69) is 30.8 Å². The summed E-state index contributed by atoms with van der Waals surface area (Å²) < 4.78 is 27.8. The number of anilines is 1. The van der Waals surface area contributed by atoms with Crippen molar-refractivity contribution in [1.29, 1.82) is 0 Å². The first-order valence-corrected chi connectivity index (χ1v) is 8.58. The van der Waals surface area contributed by atoms with E-state index in [0.29, 0.717) is 16.7 Å². The van der Waals surface area contributed by atoms with E-state index < -0.39 is 10.0 Å². The first-order valence-electron chi connectivity index (χ1n) is 5.54. The summed E-state index contributed by atoms with van der Waals surface area (Å²) >= 11 is 15.1. The van der Waals surface area contributed by atoms with E-state index in [1.807, 2.05) is 6.92 Å². The molecule has 2 rings (SSSR count). The summed E-state index contributed by atoms with van der Waals surface area (Å²) in [5.41, 5.74) is 0.748. The van der Waals surface area contributed by atoms with Gasteiger partial charge in [0.1, 0.15) is 10.7 Å². The Bertz CT molecular complexity index is 723. The lowest BCUT2D eigenvalue weighted by molar-refractivity contribution is 0.601. The van der Waals surface area contributed by atoms with Crippen molar-refractivity contribution in [3.05, 3.63) is 38.4 Å². The molecule has 2 N–H and O–H groups in total. The average molecular weight is 399 g/mol. The molecule has 0 radical (unpaired) electrons. The first kappa shape index (κ1) is 15.6. The molecule has 0 unspecified atom stereocenters. The molecule has 1 aromatic carbocycles. The monoisotopic (exact) mass is 397 g/mol. The van der Waals surface area contributed by atoms with Gasteiger partial charge in [0.05, 0.1) is 16.2 Å². The second-order valence-corrected chi connectivity index (χ2v) is 7.28. The Morgan fingerprint density at radius 3 is 2.50 bits per heavy atom. The van der Waals surface area contributed by atoms with Crippen LogP contribution >= 0.6 is 39.1 Å². The first-order chi connectivity index (χ1) is 9.35. The molecule has 0 saturated heterocycles. The van der Waals surface area contributed by atoms with Crippen LogP contribution in [-0.4, -0.2) is 18.6 Å². The Balaban J connectivity index is 2.46. The zero-order valence-electron chi connectivity index (χ0n) is 10.2. The predicted molar refractivity (Wildman–Crippen MR) is 82.9 cm³/mol. The van der Waals surface area contributed by atoms with Gasteiger partial charge in [-0.1, -0.05) is 46.1 Å². The molecule has 0 aliphatic rings. The summed E-state index contributed by atoms with van der Waals surface area (Å²) in [6.07, 6.45) is 2.19. The highest BCUT2D eigenvalue weighted by Gasteiger charge is 2.23. The fraction of sp³-hybridized carbons (Fsp3) is 0.182. The fourth-order valence-electron chi connectivity index (χ4n) is 1.64. The fourth-order valence-corrected chi connectivity index (χ4v) is 4.64. The number of halogens is 3. The van der Waals surface area contributed by atoms with Crippen LogP contribution in [0, 0.1) is 0 Å². The zero-order valence-corrected chi connectivity index (χ0v) is 14.2. The normalized spacial score (nSPS) is 11.6. The van der Waals surface area contributed by atoms with E-state index in [1.54, 1.807) is 6.20 Å². The van der Waals surface area contributed by atoms with Gasteiger partial charge in [0.2, 0.25) is 0 Å². The van der Waals surface area contributed by atoms with E-state index in [4.69, 9.17) is 23.2 Å². The standard InChI is InChI=1S/C11H10BrCl2N3O2S/c1-2-6-5-15-16-11(6)17-20(18,19)10-8(13)3-7(12)4-9(10)14/h3-5H,2H2,1H3,(H2,15,16,17). The number of benzene rings is 1. The molecule has 1 aromatic heterocycles. The summed E-state index contributed by atoms with van der Waals surface area (Å²) in [4.78, 5) is -0.166. The lowest BCUT2D eigenvalue weighted by atomic mass is 10.3. The summed E-state index contributed by atoms with van der Waals surface area (Å²) in [6, 6.07) is 2.94. The predicted octanol–water partition coefficient (Wildman–Crippen LogP) is 3.84. The maximum Gasteiger partial charge on any atom is 0.266 e. The molecule has 0 atom stereocenters. The molecule has 108 valence electrons. The van der Waals surface area contributed by atoms with Crippen molar-refractivity contribution in [3.8, 4) is 0 Å². The van der Waals surface area contributed by atoms with E-state index in [0.717, 1.165) is 5.56 Å². The minimum absolute atomic E-state index is 0.0365. The number of nitrogens with zero attached hydrogens (tertiary/aromatic N) is 1. The van der Waals surface area contributed by atoms with Gasteiger partial charge in [-0.25, -0.2) is 8.42 Å². The number of aryl methyl sites for hydroxylation is 1. The molecule has 1 heterocycles. The quantitative estimate of drug-likeness (QED) is 0.821. The minimum atomic E-state index is -3.90.